The molecule has 17 atom stereocenters. The Morgan fingerprint density at radius 1 is 0.911 bits per heavy atom. The number of rotatable bonds is 9. The maximum Gasteiger partial charge on any atom is 0.306 e. The van der Waals surface area contributed by atoms with Crippen LogP contribution in [0.5, 0.6) is 0 Å². The van der Waals surface area contributed by atoms with E-state index in [0.29, 0.717) is 23.2 Å². The van der Waals surface area contributed by atoms with Crippen molar-refractivity contribution in [2.75, 3.05) is 41.2 Å². The Hall–Kier alpha value is -2.01. The quantitative estimate of drug-likeness (QED) is 0.309. The molecule has 56 heavy (non-hydrogen) atoms. The summed E-state index contributed by atoms with van der Waals surface area (Å²) >= 11 is 1.52. The third-order valence-electron chi connectivity index (χ3n) is 13.9. The van der Waals surface area contributed by atoms with Gasteiger partial charge in [0.15, 0.2) is 23.5 Å². The summed E-state index contributed by atoms with van der Waals surface area (Å²) in [7, 11) is 9.11. The van der Waals surface area contributed by atoms with Crippen LogP contribution in [0.3, 0.4) is 0 Å². The predicted octanol–water partition coefficient (Wildman–Crippen LogP) is 5.60. The molecule has 14 heteroatoms. The van der Waals surface area contributed by atoms with E-state index in [2.05, 4.69) is 38.9 Å². The lowest BCUT2D eigenvalue weighted by atomic mass is 9.67. The number of nitrogens with two attached hydrogens (primary N) is 1. The van der Waals surface area contributed by atoms with Crippen LogP contribution in [0.25, 0.3) is 0 Å². The number of nitrogens with zero attached hydrogens (tertiary/aromatic N) is 2. The minimum absolute atomic E-state index is 0.0129. The summed E-state index contributed by atoms with van der Waals surface area (Å²) in [6.45, 7) is 8.12. The molecule has 0 radical (unpaired) electrons. The SMILES string of the molecule is CC[C@H]1CCC[C@H](O[C@H]2CC[C@H](N(C)C)C(C)O2)[C@@H](C)C(=O)C2=C[C@H]3[C@@H]4C[C@H](O[C@@H]5OC(C)[C@H](OC)C(OC)C5OC)C[C@H]4c4sc(N)nc4[C@H]3[C@@H]2CC(=O)O1. The van der Waals surface area contributed by atoms with Gasteiger partial charge >= 0.3 is 5.97 Å². The number of ether oxygens (including phenoxy) is 8. The third kappa shape index (κ3) is 8.12. The van der Waals surface area contributed by atoms with E-state index in [-0.39, 0.29) is 96.8 Å². The highest BCUT2D eigenvalue weighted by atomic mass is 32.1. The summed E-state index contributed by atoms with van der Waals surface area (Å²) in [4.78, 5) is 37.0. The van der Waals surface area contributed by atoms with E-state index < -0.39 is 18.3 Å². The molecule has 314 valence electrons. The number of fused-ring (bicyclic) bond motifs is 8. The van der Waals surface area contributed by atoms with Crippen molar-refractivity contribution in [1.82, 2.24) is 9.88 Å². The van der Waals surface area contributed by atoms with Crippen LogP contribution in [0.4, 0.5) is 5.13 Å². The van der Waals surface area contributed by atoms with Crippen molar-refractivity contribution < 1.29 is 47.5 Å². The Balaban J connectivity index is 1.18. The number of methoxy groups -OCH3 is 3. The van der Waals surface area contributed by atoms with Crippen LogP contribution in [-0.4, -0.2) is 125 Å². The number of hydrogen-bond donors (Lipinski definition) is 1. The van der Waals surface area contributed by atoms with Crippen molar-refractivity contribution >= 4 is 28.2 Å². The molecule has 4 unspecified atom stereocenters. The molecule has 2 N–H and O–H groups in total. The number of aromatic nitrogens is 1. The van der Waals surface area contributed by atoms with Gasteiger partial charge in [0.2, 0.25) is 0 Å². The number of cyclic esters (lactones) is 1. The second kappa shape index (κ2) is 17.7. The molecule has 0 spiro atoms. The number of hydrogen-bond acceptors (Lipinski definition) is 14. The molecule has 1 aromatic heterocycles. The van der Waals surface area contributed by atoms with Crippen LogP contribution in [0, 0.1) is 23.7 Å². The van der Waals surface area contributed by atoms with E-state index >= 15 is 0 Å². The third-order valence-corrected chi connectivity index (χ3v) is 14.9. The lowest BCUT2D eigenvalue weighted by Gasteiger charge is -2.44. The Labute approximate surface area is 336 Å². The van der Waals surface area contributed by atoms with E-state index in [1.54, 1.807) is 21.3 Å². The molecule has 3 aliphatic carbocycles. The Kier molecular flexibility index (Phi) is 13.3. The first-order chi connectivity index (χ1) is 26.9. The predicted molar refractivity (Wildman–Crippen MR) is 210 cm³/mol. The summed E-state index contributed by atoms with van der Waals surface area (Å²) in [6.07, 6.45) is 5.29. The van der Waals surface area contributed by atoms with Gasteiger partial charge in [-0.05, 0) is 96.7 Å². The molecule has 0 aromatic carbocycles. The fourth-order valence-corrected chi connectivity index (χ4v) is 12.2. The van der Waals surface area contributed by atoms with Gasteiger partial charge in [-0.3, -0.25) is 9.59 Å². The van der Waals surface area contributed by atoms with Crippen molar-refractivity contribution in [3.63, 3.8) is 0 Å². The average Bonchev–Trinajstić information content (AvgIpc) is 3.87. The summed E-state index contributed by atoms with van der Waals surface area (Å²) in [5, 5.41) is 0.498. The van der Waals surface area contributed by atoms with Crippen LogP contribution in [-0.2, 0) is 47.5 Å². The second-order valence-corrected chi connectivity index (χ2v) is 18.4. The zero-order chi connectivity index (χ0) is 40.0. The van der Waals surface area contributed by atoms with Crippen molar-refractivity contribution in [2.24, 2.45) is 23.7 Å². The lowest BCUT2D eigenvalue weighted by Crippen LogP contribution is -2.59. The number of carbonyl (C=O) groups excluding carboxylic acids is 2. The number of ketones is 1. The standard InChI is InChI=1S/C42H65N3O10S/c1-10-23-12-11-13-31(55-33-15-14-30(45(5)6)21(3)51-33)20(2)36(47)28-18-26-25-16-24(54-41-39(50-9)38(49-8)37(48-7)22(4)52-41)17-29(25)40-35(44-42(43)56-40)34(26)27(28)19-32(46)53-23/h18,20-27,29-31,33-34,37-39,41H,10-17,19H2,1-9H3,(H2,43,44)/t20-,21?,22?,23+,24+,25+,26+,27-,29-,30+,31+,33+,34-,37+,38?,39?,41+/m1/s1. The van der Waals surface area contributed by atoms with E-state index in [0.717, 1.165) is 55.5 Å². The Morgan fingerprint density at radius 3 is 2.34 bits per heavy atom. The lowest BCUT2D eigenvalue weighted by molar-refractivity contribution is -0.314. The number of Topliss-reactive ketones (excluding diaryl/α,β-unsaturated/α-hetero) is 1. The zero-order valence-corrected chi connectivity index (χ0v) is 35.5. The average molecular weight is 804 g/mol. The fraction of sp³-hybridized carbons (Fsp3) is 0.833. The molecule has 6 aliphatic rings. The van der Waals surface area contributed by atoms with Crippen LogP contribution in [0.15, 0.2) is 11.6 Å². The minimum Gasteiger partial charge on any atom is -0.462 e. The number of anilines is 1. The molecule has 0 amide bonds. The Bertz CT molecular complexity index is 1570. The minimum atomic E-state index is -0.652. The topological polar surface area (TPSA) is 150 Å². The number of likely N-dealkylation sites (N-methyl/N-ethyl adjacent to an activating group) is 1. The summed E-state index contributed by atoms with van der Waals surface area (Å²) in [5.41, 5.74) is 8.09. The highest BCUT2D eigenvalue weighted by Gasteiger charge is 2.57. The normalized spacial score (nSPS) is 43.2. The highest BCUT2D eigenvalue weighted by Crippen LogP contribution is 2.62. The number of allylic oxidation sites excluding steroid dienone is 2. The molecule has 1 saturated carbocycles. The van der Waals surface area contributed by atoms with Crippen LogP contribution in [0.1, 0.15) is 108 Å². The van der Waals surface area contributed by atoms with Crippen molar-refractivity contribution in [2.45, 2.75) is 165 Å². The van der Waals surface area contributed by atoms with Gasteiger partial charge in [-0.2, -0.15) is 0 Å². The Morgan fingerprint density at radius 2 is 1.66 bits per heavy atom. The van der Waals surface area contributed by atoms with Gasteiger partial charge in [-0.1, -0.05) is 19.9 Å². The largest absolute Gasteiger partial charge is 0.462 e. The van der Waals surface area contributed by atoms with Gasteiger partial charge < -0.3 is 48.5 Å². The van der Waals surface area contributed by atoms with Gasteiger partial charge in [-0.25, -0.2) is 4.98 Å². The van der Waals surface area contributed by atoms with Gasteiger partial charge in [-0.15, -0.1) is 11.3 Å². The highest BCUT2D eigenvalue weighted by molar-refractivity contribution is 7.15. The second-order valence-electron chi connectivity index (χ2n) is 17.3. The van der Waals surface area contributed by atoms with Crippen LogP contribution < -0.4 is 5.73 Å². The van der Waals surface area contributed by atoms with E-state index in [1.165, 1.54) is 11.3 Å². The number of esters is 1. The molecule has 4 heterocycles. The number of carbonyl (C=O) groups is 2. The first-order valence-corrected chi connectivity index (χ1v) is 21.8. The van der Waals surface area contributed by atoms with E-state index in [4.69, 9.17) is 48.6 Å². The molecule has 4 fully saturated rings. The molecular formula is C42H65N3O10S. The van der Waals surface area contributed by atoms with E-state index in [1.807, 2.05) is 13.8 Å². The number of thiazole rings is 1. The molecule has 1 aromatic rings. The van der Waals surface area contributed by atoms with E-state index in [9.17, 15) is 9.59 Å². The van der Waals surface area contributed by atoms with Crippen molar-refractivity contribution in [3.05, 3.63) is 22.2 Å². The first-order valence-electron chi connectivity index (χ1n) is 20.9. The van der Waals surface area contributed by atoms with Gasteiger partial charge in [0, 0.05) is 55.9 Å². The maximum atomic E-state index is 15.0. The number of nitrogen functional groups attached to an aromatic ring is 1. The van der Waals surface area contributed by atoms with Crippen LogP contribution >= 0.6 is 11.3 Å². The van der Waals surface area contributed by atoms with Crippen molar-refractivity contribution in [3.8, 4) is 0 Å². The summed E-state index contributed by atoms with van der Waals surface area (Å²) < 4.78 is 50.0. The molecule has 0 bridgehead atoms. The van der Waals surface area contributed by atoms with Gasteiger partial charge in [0.1, 0.15) is 24.4 Å². The first kappa shape index (κ1) is 42.1. The molecule has 7 rings (SSSR count). The van der Waals surface area contributed by atoms with Gasteiger partial charge in [0.05, 0.1) is 36.5 Å². The monoisotopic (exact) mass is 803 g/mol. The fourth-order valence-electron chi connectivity index (χ4n) is 11.1. The van der Waals surface area contributed by atoms with Crippen LogP contribution in [0.2, 0.25) is 0 Å². The molecule has 3 aliphatic heterocycles. The van der Waals surface area contributed by atoms with Gasteiger partial charge in [0.25, 0.3) is 0 Å². The smallest absolute Gasteiger partial charge is 0.306 e. The summed E-state index contributed by atoms with van der Waals surface area (Å²) in [6, 6.07) is 0.317. The zero-order valence-electron chi connectivity index (χ0n) is 34.7. The molecule has 3 saturated heterocycles. The van der Waals surface area contributed by atoms with Crippen molar-refractivity contribution in [1.29, 1.82) is 0 Å². The maximum absolute atomic E-state index is 15.0. The molecule has 13 nitrogen and oxygen atoms in total. The molecular weight excluding hydrogens is 739 g/mol. The summed E-state index contributed by atoms with van der Waals surface area (Å²) in [5.74, 6) is -0.978.